The minimum atomic E-state index is -1.12. The van der Waals surface area contributed by atoms with Gasteiger partial charge < -0.3 is 9.84 Å². The summed E-state index contributed by atoms with van der Waals surface area (Å²) in [6, 6.07) is 11.2. The Labute approximate surface area is 116 Å². The highest BCUT2D eigenvalue weighted by molar-refractivity contribution is 6.31. The van der Waals surface area contributed by atoms with E-state index in [9.17, 15) is 9.50 Å². The Morgan fingerprint density at radius 1 is 1.26 bits per heavy atom. The number of benzene rings is 2. The Bertz CT molecular complexity index is 552. The highest BCUT2D eigenvalue weighted by atomic mass is 35.5. The summed E-state index contributed by atoms with van der Waals surface area (Å²) in [4.78, 5) is 0. The van der Waals surface area contributed by atoms with Gasteiger partial charge in [-0.15, -0.1) is 0 Å². The number of rotatable bonds is 4. The van der Waals surface area contributed by atoms with E-state index in [4.69, 9.17) is 16.3 Å². The first kappa shape index (κ1) is 13.8. The zero-order valence-corrected chi connectivity index (χ0v) is 11.2. The van der Waals surface area contributed by atoms with E-state index in [-0.39, 0.29) is 10.6 Å². The van der Waals surface area contributed by atoms with Gasteiger partial charge in [0.1, 0.15) is 17.7 Å². The number of aliphatic hydroxyl groups is 1. The summed E-state index contributed by atoms with van der Waals surface area (Å²) in [5, 5.41) is 10.5. The van der Waals surface area contributed by atoms with E-state index in [2.05, 4.69) is 0 Å². The highest BCUT2D eigenvalue weighted by Gasteiger charge is 2.18. The van der Waals surface area contributed by atoms with Crippen LogP contribution in [0.1, 0.15) is 24.2 Å². The molecule has 2 rings (SSSR count). The molecule has 2 aromatic rings. The minimum absolute atomic E-state index is 0.0813. The number of halogens is 2. The van der Waals surface area contributed by atoms with E-state index in [1.54, 1.807) is 30.3 Å². The molecule has 2 aromatic carbocycles. The average molecular weight is 281 g/mol. The number of hydrogen-bond acceptors (Lipinski definition) is 2. The topological polar surface area (TPSA) is 29.5 Å². The van der Waals surface area contributed by atoms with Gasteiger partial charge in [0.2, 0.25) is 0 Å². The van der Waals surface area contributed by atoms with Crippen LogP contribution in [0.25, 0.3) is 0 Å². The van der Waals surface area contributed by atoms with E-state index in [0.29, 0.717) is 17.9 Å². The van der Waals surface area contributed by atoms with Crippen LogP contribution >= 0.6 is 11.6 Å². The molecule has 0 aliphatic heterocycles. The molecule has 0 saturated carbocycles. The Hall–Kier alpha value is -1.58. The number of aliphatic hydroxyl groups excluding tert-OH is 1. The largest absolute Gasteiger partial charge is 0.494 e. The first-order chi connectivity index (χ1) is 9.13. The van der Waals surface area contributed by atoms with Crippen LogP contribution in [0.2, 0.25) is 5.02 Å². The summed E-state index contributed by atoms with van der Waals surface area (Å²) >= 11 is 5.94. The molecule has 0 aliphatic carbocycles. The monoisotopic (exact) mass is 280 g/mol. The van der Waals surface area contributed by atoms with Crippen LogP contribution in [0.4, 0.5) is 4.39 Å². The fourth-order valence-corrected chi connectivity index (χ4v) is 2.15. The Balaban J connectivity index is 2.38. The van der Waals surface area contributed by atoms with Crippen molar-refractivity contribution < 1.29 is 14.2 Å². The standard InChI is InChI=1S/C15H14ClFO2/c1-2-19-11-6-3-5-10(9-11)15(18)14-12(16)7-4-8-13(14)17/h3-9,15,18H,2H2,1H3. The maximum absolute atomic E-state index is 13.8. The summed E-state index contributed by atoms with van der Waals surface area (Å²) < 4.78 is 19.1. The lowest BCUT2D eigenvalue weighted by Gasteiger charge is -2.15. The zero-order chi connectivity index (χ0) is 13.8. The molecule has 0 aliphatic rings. The maximum atomic E-state index is 13.8. The lowest BCUT2D eigenvalue weighted by molar-refractivity contribution is 0.214. The molecule has 2 nitrogen and oxygen atoms in total. The molecule has 19 heavy (non-hydrogen) atoms. The lowest BCUT2D eigenvalue weighted by Crippen LogP contribution is -2.04. The van der Waals surface area contributed by atoms with Gasteiger partial charge in [0.25, 0.3) is 0 Å². The van der Waals surface area contributed by atoms with E-state index in [0.717, 1.165) is 0 Å². The predicted octanol–water partition coefficient (Wildman–Crippen LogP) is 3.96. The van der Waals surface area contributed by atoms with Crippen LogP contribution in [0.3, 0.4) is 0 Å². The second kappa shape index (κ2) is 6.04. The van der Waals surface area contributed by atoms with Crippen molar-refractivity contribution >= 4 is 11.6 Å². The van der Waals surface area contributed by atoms with Crippen LogP contribution in [0, 0.1) is 5.82 Å². The van der Waals surface area contributed by atoms with Crippen molar-refractivity contribution in [3.63, 3.8) is 0 Å². The predicted molar refractivity (Wildman–Crippen MR) is 73.1 cm³/mol. The maximum Gasteiger partial charge on any atom is 0.130 e. The first-order valence-electron chi connectivity index (χ1n) is 5.98. The van der Waals surface area contributed by atoms with Gasteiger partial charge in [0, 0.05) is 10.6 Å². The van der Waals surface area contributed by atoms with Crippen molar-refractivity contribution in [1.29, 1.82) is 0 Å². The fourth-order valence-electron chi connectivity index (χ4n) is 1.88. The van der Waals surface area contributed by atoms with Crippen LogP contribution in [-0.2, 0) is 0 Å². The molecule has 0 radical (unpaired) electrons. The molecule has 0 saturated heterocycles. The second-order valence-corrected chi connectivity index (χ2v) is 4.45. The third kappa shape index (κ3) is 3.06. The summed E-state index contributed by atoms with van der Waals surface area (Å²) in [5.74, 6) is 0.105. The molecule has 4 heteroatoms. The zero-order valence-electron chi connectivity index (χ0n) is 10.4. The summed E-state index contributed by atoms with van der Waals surface area (Å²) in [6.07, 6.45) is -1.12. The molecular formula is C15H14ClFO2. The molecule has 0 aromatic heterocycles. The Morgan fingerprint density at radius 2 is 2.00 bits per heavy atom. The van der Waals surface area contributed by atoms with Crippen molar-refractivity contribution in [2.24, 2.45) is 0 Å². The van der Waals surface area contributed by atoms with E-state index < -0.39 is 11.9 Å². The minimum Gasteiger partial charge on any atom is -0.494 e. The van der Waals surface area contributed by atoms with E-state index in [1.807, 2.05) is 6.92 Å². The number of ether oxygens (including phenoxy) is 1. The second-order valence-electron chi connectivity index (χ2n) is 4.04. The van der Waals surface area contributed by atoms with Crippen LogP contribution < -0.4 is 4.74 Å². The van der Waals surface area contributed by atoms with Crippen molar-refractivity contribution in [3.8, 4) is 5.75 Å². The lowest BCUT2D eigenvalue weighted by atomic mass is 10.0. The van der Waals surface area contributed by atoms with Crippen LogP contribution in [-0.4, -0.2) is 11.7 Å². The van der Waals surface area contributed by atoms with Crippen molar-refractivity contribution in [2.45, 2.75) is 13.0 Å². The van der Waals surface area contributed by atoms with Crippen molar-refractivity contribution in [3.05, 3.63) is 64.4 Å². The van der Waals surface area contributed by atoms with Gasteiger partial charge in [0.05, 0.1) is 6.61 Å². The van der Waals surface area contributed by atoms with Crippen LogP contribution in [0.5, 0.6) is 5.75 Å². The SMILES string of the molecule is CCOc1cccc(C(O)c2c(F)cccc2Cl)c1. The molecule has 0 spiro atoms. The van der Waals surface area contributed by atoms with Crippen molar-refractivity contribution in [1.82, 2.24) is 0 Å². The highest BCUT2D eigenvalue weighted by Crippen LogP contribution is 2.31. The van der Waals surface area contributed by atoms with Gasteiger partial charge in [-0.1, -0.05) is 29.8 Å². The summed E-state index contributed by atoms with van der Waals surface area (Å²) in [6.45, 7) is 2.40. The molecule has 100 valence electrons. The molecule has 1 N–H and O–H groups in total. The van der Waals surface area contributed by atoms with E-state index >= 15 is 0 Å². The summed E-state index contributed by atoms with van der Waals surface area (Å²) in [7, 11) is 0. The van der Waals surface area contributed by atoms with Gasteiger partial charge in [-0.05, 0) is 36.8 Å². The molecular weight excluding hydrogens is 267 g/mol. The molecule has 1 atom stereocenters. The van der Waals surface area contributed by atoms with E-state index in [1.165, 1.54) is 12.1 Å². The molecule has 0 heterocycles. The molecule has 0 amide bonds. The normalized spacial score (nSPS) is 12.2. The smallest absolute Gasteiger partial charge is 0.130 e. The molecule has 1 unspecified atom stereocenters. The third-order valence-electron chi connectivity index (χ3n) is 2.76. The number of hydrogen-bond donors (Lipinski definition) is 1. The van der Waals surface area contributed by atoms with Crippen molar-refractivity contribution in [2.75, 3.05) is 6.61 Å². The van der Waals surface area contributed by atoms with Gasteiger partial charge in [0.15, 0.2) is 0 Å². The first-order valence-corrected chi connectivity index (χ1v) is 6.36. The fraction of sp³-hybridized carbons (Fsp3) is 0.200. The Morgan fingerprint density at radius 3 is 2.68 bits per heavy atom. The molecule has 0 bridgehead atoms. The quantitative estimate of drug-likeness (QED) is 0.918. The van der Waals surface area contributed by atoms with Gasteiger partial charge in [-0.3, -0.25) is 0 Å². The van der Waals surface area contributed by atoms with Gasteiger partial charge in [-0.2, -0.15) is 0 Å². The summed E-state index contributed by atoms with van der Waals surface area (Å²) in [5.41, 5.74) is 0.621. The third-order valence-corrected chi connectivity index (χ3v) is 3.09. The van der Waals surface area contributed by atoms with Gasteiger partial charge in [-0.25, -0.2) is 4.39 Å². The molecule has 0 fully saturated rings. The Kier molecular flexibility index (Phi) is 4.40. The van der Waals surface area contributed by atoms with Crippen LogP contribution in [0.15, 0.2) is 42.5 Å². The average Bonchev–Trinajstić information content (AvgIpc) is 2.39. The van der Waals surface area contributed by atoms with Gasteiger partial charge >= 0.3 is 0 Å².